The van der Waals surface area contributed by atoms with Crippen LogP contribution in [0, 0.1) is 11.3 Å². The summed E-state index contributed by atoms with van der Waals surface area (Å²) in [6, 6.07) is 13.4. The van der Waals surface area contributed by atoms with Gasteiger partial charge in [-0.15, -0.1) is 0 Å². The van der Waals surface area contributed by atoms with E-state index in [1.807, 2.05) is 30.5 Å². The standard InChI is InChI=1S/C15H14N2O/c16-11-14-7-1-2-8-15(14)18-10-4-6-13-5-3-9-17-12-13/h1-3,5,7-9,12H,4,6,10H2. The van der Waals surface area contributed by atoms with Crippen LogP contribution in [0.15, 0.2) is 48.8 Å². The number of hydrogen-bond donors (Lipinski definition) is 0. The van der Waals surface area contributed by atoms with E-state index in [2.05, 4.69) is 17.1 Å². The molecule has 0 spiro atoms. The third kappa shape index (κ3) is 3.33. The molecule has 1 aromatic heterocycles. The van der Waals surface area contributed by atoms with Gasteiger partial charge in [0.15, 0.2) is 0 Å². The van der Waals surface area contributed by atoms with E-state index in [0.717, 1.165) is 12.8 Å². The van der Waals surface area contributed by atoms with Crippen LogP contribution in [0.3, 0.4) is 0 Å². The molecule has 3 heteroatoms. The summed E-state index contributed by atoms with van der Waals surface area (Å²) in [7, 11) is 0. The Morgan fingerprint density at radius 2 is 2.06 bits per heavy atom. The summed E-state index contributed by atoms with van der Waals surface area (Å²) in [5, 5.41) is 8.91. The first kappa shape index (κ1) is 12.1. The summed E-state index contributed by atoms with van der Waals surface area (Å²) in [5.74, 6) is 0.659. The van der Waals surface area contributed by atoms with Crippen molar-refractivity contribution in [1.29, 1.82) is 5.26 Å². The molecule has 2 rings (SSSR count). The SMILES string of the molecule is N#Cc1ccccc1OCCCc1cccnc1. The van der Waals surface area contributed by atoms with E-state index in [0.29, 0.717) is 17.9 Å². The topological polar surface area (TPSA) is 45.9 Å². The van der Waals surface area contributed by atoms with Crippen molar-refractivity contribution >= 4 is 0 Å². The molecule has 0 bridgehead atoms. The molecule has 0 N–H and O–H groups in total. The fourth-order valence-electron chi connectivity index (χ4n) is 1.69. The quantitative estimate of drug-likeness (QED) is 0.752. The first-order chi connectivity index (χ1) is 8.90. The Hall–Kier alpha value is -2.34. The van der Waals surface area contributed by atoms with Gasteiger partial charge in [0.25, 0.3) is 0 Å². The van der Waals surface area contributed by atoms with Crippen LogP contribution in [0.5, 0.6) is 5.75 Å². The van der Waals surface area contributed by atoms with Crippen LogP contribution in [0.1, 0.15) is 17.5 Å². The molecule has 1 heterocycles. The van der Waals surface area contributed by atoms with Crippen molar-refractivity contribution in [2.24, 2.45) is 0 Å². The Balaban J connectivity index is 1.81. The number of aryl methyl sites for hydroxylation is 1. The summed E-state index contributed by atoms with van der Waals surface area (Å²) in [6.07, 6.45) is 5.47. The van der Waals surface area contributed by atoms with Crippen LogP contribution in [0.4, 0.5) is 0 Å². The van der Waals surface area contributed by atoms with E-state index in [-0.39, 0.29) is 0 Å². The van der Waals surface area contributed by atoms with E-state index >= 15 is 0 Å². The van der Waals surface area contributed by atoms with E-state index in [1.165, 1.54) is 5.56 Å². The van der Waals surface area contributed by atoms with Gasteiger partial charge >= 0.3 is 0 Å². The number of rotatable bonds is 5. The van der Waals surface area contributed by atoms with Crippen molar-refractivity contribution in [3.8, 4) is 11.8 Å². The van der Waals surface area contributed by atoms with Crippen molar-refractivity contribution in [2.75, 3.05) is 6.61 Å². The Bertz CT molecular complexity index is 532. The summed E-state index contributed by atoms with van der Waals surface area (Å²) in [5.41, 5.74) is 1.79. The predicted molar refractivity (Wildman–Crippen MR) is 69.2 cm³/mol. The minimum atomic E-state index is 0.582. The molecule has 0 aliphatic carbocycles. The van der Waals surface area contributed by atoms with Crippen LogP contribution in [-0.2, 0) is 6.42 Å². The van der Waals surface area contributed by atoms with Crippen molar-refractivity contribution in [2.45, 2.75) is 12.8 Å². The normalized spacial score (nSPS) is 9.72. The van der Waals surface area contributed by atoms with Gasteiger partial charge in [0.1, 0.15) is 11.8 Å². The molecular formula is C15H14N2O. The Kier molecular flexibility index (Phi) is 4.32. The van der Waals surface area contributed by atoms with Crippen molar-refractivity contribution < 1.29 is 4.74 Å². The summed E-state index contributed by atoms with van der Waals surface area (Å²) < 4.78 is 5.61. The largest absolute Gasteiger partial charge is 0.492 e. The lowest BCUT2D eigenvalue weighted by molar-refractivity contribution is 0.310. The maximum atomic E-state index is 8.91. The first-order valence-electron chi connectivity index (χ1n) is 5.91. The minimum absolute atomic E-state index is 0.582. The van der Waals surface area contributed by atoms with Crippen molar-refractivity contribution in [3.05, 3.63) is 59.9 Å². The van der Waals surface area contributed by atoms with Crippen LogP contribution >= 0.6 is 0 Å². The lowest BCUT2D eigenvalue weighted by atomic mass is 10.2. The average molecular weight is 238 g/mol. The van der Waals surface area contributed by atoms with E-state index in [1.54, 1.807) is 12.3 Å². The van der Waals surface area contributed by atoms with Gasteiger partial charge in [-0.3, -0.25) is 4.98 Å². The Morgan fingerprint density at radius 3 is 2.83 bits per heavy atom. The van der Waals surface area contributed by atoms with Crippen LogP contribution in [-0.4, -0.2) is 11.6 Å². The number of aromatic nitrogens is 1. The molecule has 0 saturated heterocycles. The molecule has 0 radical (unpaired) electrons. The molecule has 3 nitrogen and oxygen atoms in total. The molecule has 0 amide bonds. The molecule has 18 heavy (non-hydrogen) atoms. The van der Waals surface area contributed by atoms with Crippen LogP contribution < -0.4 is 4.74 Å². The van der Waals surface area contributed by atoms with Gasteiger partial charge in [0.2, 0.25) is 0 Å². The van der Waals surface area contributed by atoms with Crippen molar-refractivity contribution in [3.63, 3.8) is 0 Å². The highest BCUT2D eigenvalue weighted by molar-refractivity contribution is 5.42. The smallest absolute Gasteiger partial charge is 0.137 e. The van der Waals surface area contributed by atoms with Crippen LogP contribution in [0.25, 0.3) is 0 Å². The van der Waals surface area contributed by atoms with Gasteiger partial charge in [-0.05, 0) is 36.6 Å². The maximum absolute atomic E-state index is 8.91. The number of para-hydroxylation sites is 1. The van der Waals surface area contributed by atoms with Gasteiger partial charge in [0.05, 0.1) is 12.2 Å². The van der Waals surface area contributed by atoms with E-state index < -0.39 is 0 Å². The molecule has 0 saturated carbocycles. The molecule has 0 aliphatic heterocycles. The monoisotopic (exact) mass is 238 g/mol. The number of pyridine rings is 1. The van der Waals surface area contributed by atoms with E-state index in [4.69, 9.17) is 10.00 Å². The van der Waals surface area contributed by atoms with E-state index in [9.17, 15) is 0 Å². The number of benzene rings is 1. The third-order valence-electron chi connectivity index (χ3n) is 2.60. The molecule has 0 atom stereocenters. The number of nitrogens with zero attached hydrogens (tertiary/aromatic N) is 2. The fraction of sp³-hybridized carbons (Fsp3) is 0.200. The molecule has 1 aromatic carbocycles. The predicted octanol–water partition coefficient (Wildman–Crippen LogP) is 2.96. The van der Waals surface area contributed by atoms with Gasteiger partial charge in [-0.25, -0.2) is 0 Å². The Morgan fingerprint density at radius 1 is 1.17 bits per heavy atom. The molecule has 90 valence electrons. The lowest BCUT2D eigenvalue weighted by Crippen LogP contribution is -2.00. The van der Waals surface area contributed by atoms with Gasteiger partial charge < -0.3 is 4.74 Å². The molecule has 0 aliphatic rings. The Labute approximate surface area is 107 Å². The number of ether oxygens (including phenoxy) is 1. The van der Waals surface area contributed by atoms with Gasteiger partial charge in [-0.2, -0.15) is 5.26 Å². The zero-order valence-electron chi connectivity index (χ0n) is 10.0. The number of hydrogen-bond acceptors (Lipinski definition) is 3. The zero-order valence-corrected chi connectivity index (χ0v) is 10.0. The lowest BCUT2D eigenvalue weighted by Gasteiger charge is -2.07. The number of nitriles is 1. The van der Waals surface area contributed by atoms with Gasteiger partial charge in [0, 0.05) is 12.4 Å². The first-order valence-corrected chi connectivity index (χ1v) is 5.91. The highest BCUT2D eigenvalue weighted by atomic mass is 16.5. The highest BCUT2D eigenvalue weighted by Crippen LogP contribution is 2.16. The molecule has 2 aromatic rings. The molecule has 0 fully saturated rings. The third-order valence-corrected chi connectivity index (χ3v) is 2.60. The second-order valence-electron chi connectivity index (χ2n) is 3.92. The average Bonchev–Trinajstić information content (AvgIpc) is 2.45. The summed E-state index contributed by atoms with van der Waals surface area (Å²) >= 11 is 0. The molecular weight excluding hydrogens is 224 g/mol. The second kappa shape index (κ2) is 6.41. The van der Waals surface area contributed by atoms with Crippen molar-refractivity contribution in [1.82, 2.24) is 4.98 Å². The minimum Gasteiger partial charge on any atom is -0.492 e. The molecule has 0 unspecified atom stereocenters. The van der Waals surface area contributed by atoms with Crippen LogP contribution in [0.2, 0.25) is 0 Å². The zero-order chi connectivity index (χ0) is 12.6. The fourth-order valence-corrected chi connectivity index (χ4v) is 1.69. The summed E-state index contributed by atoms with van der Waals surface area (Å²) in [6.45, 7) is 0.605. The van der Waals surface area contributed by atoms with Gasteiger partial charge in [-0.1, -0.05) is 18.2 Å². The maximum Gasteiger partial charge on any atom is 0.137 e. The highest BCUT2D eigenvalue weighted by Gasteiger charge is 2.01. The summed E-state index contributed by atoms with van der Waals surface area (Å²) in [4.78, 5) is 4.07. The second-order valence-corrected chi connectivity index (χ2v) is 3.92.